The van der Waals surface area contributed by atoms with E-state index in [1.807, 2.05) is 0 Å². The Morgan fingerprint density at radius 1 is 1.80 bits per heavy atom. The number of carbonyl (C=O) groups is 1. The molecule has 0 fully saturated rings. The molecule has 3 nitrogen and oxygen atoms in total. The van der Waals surface area contributed by atoms with Crippen LogP contribution in [0.1, 0.15) is 16.5 Å². The molecule has 0 saturated heterocycles. The van der Waals surface area contributed by atoms with E-state index < -0.39 is 0 Å². The lowest BCUT2D eigenvalue weighted by atomic mass is 10.1. The number of amides is 1. The van der Waals surface area contributed by atoms with Crippen LogP contribution in [0.25, 0.3) is 0 Å². The highest BCUT2D eigenvalue weighted by molar-refractivity contribution is 7.10. The first kappa shape index (κ1) is 10.4. The predicted octanol–water partition coefficient (Wildman–Crippen LogP) is 1.66. The van der Waals surface area contributed by atoms with E-state index in [1.165, 1.54) is 16.5 Å². The zero-order valence-electron chi connectivity index (χ0n) is 8.36. The summed E-state index contributed by atoms with van der Waals surface area (Å²) in [6.07, 6.45) is 2.26. The van der Waals surface area contributed by atoms with Crippen molar-refractivity contribution in [2.75, 3.05) is 13.2 Å². The number of ether oxygens (including phenoxy) is 1. The van der Waals surface area contributed by atoms with Crippen LogP contribution in [-0.4, -0.2) is 19.1 Å². The number of thiophene rings is 1. The molecule has 1 aliphatic heterocycles. The molecule has 0 aromatic carbocycles. The summed E-state index contributed by atoms with van der Waals surface area (Å²) in [5.74, 6) is -0.151. The minimum absolute atomic E-state index is 0.0117. The number of hydrogen-bond donors (Lipinski definition) is 1. The number of rotatable bonds is 3. The van der Waals surface area contributed by atoms with Crippen molar-refractivity contribution in [3.63, 3.8) is 0 Å². The predicted molar refractivity (Wildman–Crippen MR) is 59.9 cm³/mol. The van der Waals surface area contributed by atoms with Crippen molar-refractivity contribution in [2.24, 2.45) is 0 Å². The van der Waals surface area contributed by atoms with Crippen LogP contribution in [0.2, 0.25) is 0 Å². The van der Waals surface area contributed by atoms with Crippen LogP contribution < -0.4 is 5.32 Å². The van der Waals surface area contributed by atoms with Gasteiger partial charge in [-0.3, -0.25) is 4.79 Å². The van der Waals surface area contributed by atoms with E-state index in [9.17, 15) is 4.79 Å². The Hall–Kier alpha value is -1.13. The highest BCUT2D eigenvalue weighted by Crippen LogP contribution is 2.31. The summed E-state index contributed by atoms with van der Waals surface area (Å²) in [6, 6.07) is 2.13. The second-order valence-corrected chi connectivity index (χ2v) is 4.32. The third-order valence-corrected chi connectivity index (χ3v) is 3.46. The molecule has 2 rings (SSSR count). The molecule has 2 heterocycles. The molecule has 0 radical (unpaired) electrons. The summed E-state index contributed by atoms with van der Waals surface area (Å²) in [5.41, 5.74) is 1.35. The van der Waals surface area contributed by atoms with Crippen molar-refractivity contribution in [2.45, 2.75) is 12.5 Å². The monoisotopic (exact) mass is 223 g/mol. The van der Waals surface area contributed by atoms with Gasteiger partial charge in [0.1, 0.15) is 6.10 Å². The molecule has 1 aromatic heterocycles. The summed E-state index contributed by atoms with van der Waals surface area (Å²) in [7, 11) is 0. The molecule has 1 amide bonds. The average molecular weight is 223 g/mol. The van der Waals surface area contributed by atoms with E-state index in [0.717, 1.165) is 13.0 Å². The fourth-order valence-electron chi connectivity index (χ4n) is 1.64. The minimum Gasteiger partial charge on any atom is -0.370 e. The third-order valence-electron chi connectivity index (χ3n) is 2.41. The second kappa shape index (κ2) is 4.59. The molecule has 1 N–H and O–H groups in total. The maximum atomic E-state index is 11.0. The van der Waals surface area contributed by atoms with Gasteiger partial charge in [-0.25, -0.2) is 0 Å². The van der Waals surface area contributed by atoms with E-state index in [4.69, 9.17) is 4.74 Å². The number of fused-ring (bicyclic) bond motifs is 1. The van der Waals surface area contributed by atoms with Gasteiger partial charge in [-0.1, -0.05) is 6.58 Å². The molecule has 1 atom stereocenters. The standard InChI is InChI=1S/C11H13NO2S/c1-2-10(13)12-7-9-11-8(3-5-14-9)4-6-15-11/h2,4,6,9H,1,3,5,7H2,(H,12,13). The Bertz CT molecular complexity index is 372. The first-order chi connectivity index (χ1) is 7.31. The van der Waals surface area contributed by atoms with Gasteiger partial charge in [-0.15, -0.1) is 11.3 Å². The summed E-state index contributed by atoms with van der Waals surface area (Å²) in [6.45, 7) is 4.67. The van der Waals surface area contributed by atoms with Crippen molar-refractivity contribution >= 4 is 17.2 Å². The molecule has 1 unspecified atom stereocenters. The Labute approximate surface area is 92.8 Å². The maximum Gasteiger partial charge on any atom is 0.243 e. The Kier molecular flexibility index (Phi) is 3.18. The molecule has 1 aromatic rings. The number of carbonyl (C=O) groups excluding carboxylic acids is 1. The summed E-state index contributed by atoms with van der Waals surface area (Å²) in [5, 5.41) is 4.83. The summed E-state index contributed by atoms with van der Waals surface area (Å²) >= 11 is 1.69. The Balaban J connectivity index is 2.00. The van der Waals surface area contributed by atoms with Crippen molar-refractivity contribution in [1.29, 1.82) is 0 Å². The molecule has 4 heteroatoms. The van der Waals surface area contributed by atoms with E-state index in [1.54, 1.807) is 11.3 Å². The molecular weight excluding hydrogens is 210 g/mol. The van der Waals surface area contributed by atoms with Crippen LogP contribution in [0.4, 0.5) is 0 Å². The van der Waals surface area contributed by atoms with Gasteiger partial charge in [-0.2, -0.15) is 0 Å². The third kappa shape index (κ3) is 2.27. The normalized spacial score (nSPS) is 19.3. The highest BCUT2D eigenvalue weighted by Gasteiger charge is 2.21. The molecule has 0 bridgehead atoms. The van der Waals surface area contributed by atoms with Crippen LogP contribution in [0.15, 0.2) is 24.1 Å². The lowest BCUT2D eigenvalue weighted by Crippen LogP contribution is -2.29. The molecule has 0 saturated carbocycles. The fourth-order valence-corrected chi connectivity index (χ4v) is 2.64. The number of hydrogen-bond acceptors (Lipinski definition) is 3. The maximum absolute atomic E-state index is 11.0. The van der Waals surface area contributed by atoms with E-state index in [-0.39, 0.29) is 12.0 Å². The smallest absolute Gasteiger partial charge is 0.243 e. The van der Waals surface area contributed by atoms with Crippen LogP contribution in [0, 0.1) is 0 Å². The minimum atomic E-state index is -0.151. The second-order valence-electron chi connectivity index (χ2n) is 3.37. The van der Waals surface area contributed by atoms with Crippen molar-refractivity contribution in [3.05, 3.63) is 34.5 Å². The molecule has 0 aliphatic carbocycles. The zero-order chi connectivity index (χ0) is 10.7. The average Bonchev–Trinajstić information content (AvgIpc) is 2.74. The van der Waals surface area contributed by atoms with Crippen molar-refractivity contribution in [1.82, 2.24) is 5.32 Å². The van der Waals surface area contributed by atoms with Crippen molar-refractivity contribution in [3.8, 4) is 0 Å². The van der Waals surface area contributed by atoms with Gasteiger partial charge in [0.15, 0.2) is 0 Å². The molecular formula is C11H13NO2S. The van der Waals surface area contributed by atoms with Gasteiger partial charge in [-0.05, 0) is 29.5 Å². The van der Waals surface area contributed by atoms with Crippen LogP contribution in [-0.2, 0) is 16.0 Å². The Morgan fingerprint density at radius 3 is 3.47 bits per heavy atom. The van der Waals surface area contributed by atoms with Crippen LogP contribution in [0.5, 0.6) is 0 Å². The lowest BCUT2D eigenvalue weighted by Gasteiger charge is -2.23. The van der Waals surface area contributed by atoms with Crippen molar-refractivity contribution < 1.29 is 9.53 Å². The van der Waals surface area contributed by atoms with Gasteiger partial charge in [0.2, 0.25) is 5.91 Å². The van der Waals surface area contributed by atoms with E-state index in [0.29, 0.717) is 6.54 Å². The zero-order valence-corrected chi connectivity index (χ0v) is 9.18. The largest absolute Gasteiger partial charge is 0.370 e. The molecule has 0 spiro atoms. The summed E-state index contributed by atoms with van der Waals surface area (Å²) < 4.78 is 5.62. The summed E-state index contributed by atoms with van der Waals surface area (Å²) in [4.78, 5) is 12.3. The van der Waals surface area contributed by atoms with Gasteiger partial charge in [0.25, 0.3) is 0 Å². The van der Waals surface area contributed by atoms with Gasteiger partial charge in [0.05, 0.1) is 6.61 Å². The van der Waals surface area contributed by atoms with Crippen LogP contribution >= 0.6 is 11.3 Å². The van der Waals surface area contributed by atoms with Crippen LogP contribution in [0.3, 0.4) is 0 Å². The van der Waals surface area contributed by atoms with E-state index in [2.05, 4.69) is 23.3 Å². The highest BCUT2D eigenvalue weighted by atomic mass is 32.1. The Morgan fingerprint density at radius 2 is 2.67 bits per heavy atom. The first-order valence-corrected chi connectivity index (χ1v) is 5.77. The quantitative estimate of drug-likeness (QED) is 0.791. The molecule has 15 heavy (non-hydrogen) atoms. The first-order valence-electron chi connectivity index (χ1n) is 4.89. The SMILES string of the molecule is C=CC(=O)NCC1OCCc2ccsc21. The molecule has 1 aliphatic rings. The topological polar surface area (TPSA) is 38.3 Å². The van der Waals surface area contributed by atoms with Gasteiger partial charge >= 0.3 is 0 Å². The van der Waals surface area contributed by atoms with E-state index >= 15 is 0 Å². The fraction of sp³-hybridized carbons (Fsp3) is 0.364. The van der Waals surface area contributed by atoms with Gasteiger partial charge < -0.3 is 10.1 Å². The number of nitrogens with one attached hydrogen (secondary N) is 1. The van der Waals surface area contributed by atoms with Gasteiger partial charge in [0, 0.05) is 11.4 Å². The lowest BCUT2D eigenvalue weighted by molar-refractivity contribution is -0.117. The molecule has 80 valence electrons.